The van der Waals surface area contributed by atoms with Gasteiger partial charge in [0, 0.05) is 19.1 Å². The van der Waals surface area contributed by atoms with E-state index in [2.05, 4.69) is 4.99 Å². The molecular formula is C18H21NO4. The van der Waals surface area contributed by atoms with Crippen LogP contribution in [0.4, 0.5) is 0 Å². The summed E-state index contributed by atoms with van der Waals surface area (Å²) in [5.74, 6) is -0.616. The smallest absolute Gasteiger partial charge is 0.330 e. The van der Waals surface area contributed by atoms with Crippen LogP contribution in [0.15, 0.2) is 46.7 Å². The van der Waals surface area contributed by atoms with E-state index in [0.29, 0.717) is 12.8 Å². The first kappa shape index (κ1) is 16.9. The predicted molar refractivity (Wildman–Crippen MR) is 87.7 cm³/mol. The number of rotatable bonds is 5. The molecule has 0 aliphatic heterocycles. The van der Waals surface area contributed by atoms with Gasteiger partial charge in [0.15, 0.2) is 5.78 Å². The third-order valence-corrected chi connectivity index (χ3v) is 3.81. The van der Waals surface area contributed by atoms with Crippen LogP contribution in [0.3, 0.4) is 0 Å². The van der Waals surface area contributed by atoms with Crippen molar-refractivity contribution in [2.24, 2.45) is 4.99 Å². The molecule has 2 atom stereocenters. The summed E-state index contributed by atoms with van der Waals surface area (Å²) in [6.45, 7) is 3.59. The molecule has 0 bridgehead atoms. The number of hydrogen-bond acceptors (Lipinski definition) is 5. The second-order valence-electron chi connectivity index (χ2n) is 5.51. The van der Waals surface area contributed by atoms with Crippen molar-refractivity contribution in [1.82, 2.24) is 0 Å². The Hall–Kier alpha value is -2.43. The van der Waals surface area contributed by atoms with Crippen LogP contribution in [0, 0.1) is 0 Å². The summed E-state index contributed by atoms with van der Waals surface area (Å²) in [6.07, 6.45) is 2.01. The van der Waals surface area contributed by atoms with Crippen LogP contribution in [0.1, 0.15) is 38.2 Å². The zero-order chi connectivity index (χ0) is 16.8. The average Bonchev–Trinajstić information content (AvgIpc) is 2.54. The summed E-state index contributed by atoms with van der Waals surface area (Å²) < 4.78 is 4.86. The van der Waals surface area contributed by atoms with E-state index in [0.717, 1.165) is 5.56 Å². The lowest BCUT2D eigenvalue weighted by atomic mass is 9.83. The number of esters is 1. The number of allylic oxidation sites excluding steroid dienone is 2. The molecule has 0 aromatic heterocycles. The molecule has 23 heavy (non-hydrogen) atoms. The molecule has 0 amide bonds. The molecule has 0 saturated heterocycles. The number of Topliss-reactive ketones (excluding diaryl/α,β-unsaturated/α-hetero) is 1. The van der Waals surface area contributed by atoms with E-state index in [1.54, 1.807) is 13.8 Å². The lowest BCUT2D eigenvalue weighted by Gasteiger charge is -2.22. The van der Waals surface area contributed by atoms with Crippen LogP contribution in [0.25, 0.3) is 0 Å². The fourth-order valence-corrected chi connectivity index (χ4v) is 2.53. The van der Waals surface area contributed by atoms with E-state index < -0.39 is 12.0 Å². The Morgan fingerprint density at radius 3 is 2.70 bits per heavy atom. The van der Waals surface area contributed by atoms with Gasteiger partial charge in [-0.15, -0.1) is 0 Å². The Bertz CT molecular complexity index is 634. The van der Waals surface area contributed by atoms with Crippen molar-refractivity contribution >= 4 is 18.0 Å². The van der Waals surface area contributed by atoms with E-state index in [4.69, 9.17) is 4.74 Å². The summed E-state index contributed by atoms with van der Waals surface area (Å²) >= 11 is 0. The number of aliphatic imine (C=N–C) groups is 1. The molecule has 1 unspecified atom stereocenters. The van der Waals surface area contributed by atoms with Gasteiger partial charge in [-0.25, -0.2) is 4.79 Å². The molecule has 0 fully saturated rings. The van der Waals surface area contributed by atoms with Gasteiger partial charge in [0.1, 0.15) is 11.8 Å². The zero-order valence-corrected chi connectivity index (χ0v) is 13.4. The second kappa shape index (κ2) is 7.72. The highest BCUT2D eigenvalue weighted by molar-refractivity contribution is 6.14. The third kappa shape index (κ3) is 4.28. The summed E-state index contributed by atoms with van der Waals surface area (Å²) in [6, 6.07) is 8.95. The number of ether oxygens (including phenoxy) is 1. The first-order valence-electron chi connectivity index (χ1n) is 7.73. The highest BCUT2D eigenvalue weighted by Gasteiger charge is 2.27. The van der Waals surface area contributed by atoms with Crippen LogP contribution < -0.4 is 0 Å². The number of aliphatic hydroxyl groups excluding tert-OH is 1. The normalized spacial score (nSPS) is 19.9. The largest absolute Gasteiger partial charge is 0.511 e. The van der Waals surface area contributed by atoms with Crippen LogP contribution in [0.2, 0.25) is 0 Å². The van der Waals surface area contributed by atoms with Gasteiger partial charge >= 0.3 is 5.97 Å². The minimum absolute atomic E-state index is 0.0231. The summed E-state index contributed by atoms with van der Waals surface area (Å²) in [5, 5.41) is 10.2. The molecule has 1 N–H and O–H groups in total. The SMILES string of the molecule is CCOC(=O)[C@H](C)N=CC1=C(O)CC(c2ccccc2)CC1=O. The monoisotopic (exact) mass is 315 g/mol. The highest BCUT2D eigenvalue weighted by Crippen LogP contribution is 2.32. The van der Waals surface area contributed by atoms with Gasteiger partial charge in [0.25, 0.3) is 0 Å². The van der Waals surface area contributed by atoms with Crippen molar-refractivity contribution in [3.8, 4) is 0 Å². The number of hydrogen-bond donors (Lipinski definition) is 1. The lowest BCUT2D eigenvalue weighted by molar-refractivity contribution is -0.144. The Labute approximate surface area is 135 Å². The van der Waals surface area contributed by atoms with Gasteiger partial charge in [-0.3, -0.25) is 9.79 Å². The van der Waals surface area contributed by atoms with Crippen molar-refractivity contribution in [3.63, 3.8) is 0 Å². The number of ketones is 1. The first-order valence-corrected chi connectivity index (χ1v) is 7.73. The maximum atomic E-state index is 12.3. The Morgan fingerprint density at radius 2 is 2.09 bits per heavy atom. The van der Waals surface area contributed by atoms with E-state index >= 15 is 0 Å². The average molecular weight is 315 g/mol. The van der Waals surface area contributed by atoms with Crippen molar-refractivity contribution in [2.75, 3.05) is 6.61 Å². The zero-order valence-electron chi connectivity index (χ0n) is 13.4. The molecule has 0 heterocycles. The lowest BCUT2D eigenvalue weighted by Crippen LogP contribution is -2.21. The molecule has 1 aromatic carbocycles. The van der Waals surface area contributed by atoms with Crippen molar-refractivity contribution in [2.45, 2.75) is 38.6 Å². The molecule has 1 aliphatic rings. The maximum Gasteiger partial charge on any atom is 0.330 e. The van der Waals surface area contributed by atoms with Crippen LogP contribution in [-0.4, -0.2) is 35.7 Å². The minimum atomic E-state index is -0.699. The molecule has 0 saturated carbocycles. The number of carbonyl (C=O) groups excluding carboxylic acids is 2. The number of benzene rings is 1. The summed E-state index contributed by atoms with van der Waals surface area (Å²) in [4.78, 5) is 27.8. The topological polar surface area (TPSA) is 76.0 Å². The summed E-state index contributed by atoms with van der Waals surface area (Å²) in [7, 11) is 0. The first-order chi connectivity index (χ1) is 11.0. The van der Waals surface area contributed by atoms with E-state index in [1.807, 2.05) is 30.3 Å². The van der Waals surface area contributed by atoms with Crippen LogP contribution >= 0.6 is 0 Å². The Balaban J connectivity index is 2.11. The van der Waals surface area contributed by atoms with Gasteiger partial charge in [-0.1, -0.05) is 30.3 Å². The molecule has 1 aliphatic carbocycles. The van der Waals surface area contributed by atoms with Crippen molar-refractivity contribution < 1.29 is 19.4 Å². The second-order valence-corrected chi connectivity index (χ2v) is 5.51. The minimum Gasteiger partial charge on any atom is -0.511 e. The maximum absolute atomic E-state index is 12.3. The highest BCUT2D eigenvalue weighted by atomic mass is 16.5. The fraction of sp³-hybridized carbons (Fsp3) is 0.389. The van der Waals surface area contributed by atoms with Gasteiger partial charge < -0.3 is 9.84 Å². The Morgan fingerprint density at radius 1 is 1.39 bits per heavy atom. The van der Waals surface area contributed by atoms with Crippen molar-refractivity contribution in [1.29, 1.82) is 0 Å². The standard InChI is InChI=1S/C18H21NO4/c1-3-23-18(22)12(2)19-11-15-16(20)9-14(10-17(15)21)13-7-5-4-6-8-13/h4-8,11-12,14,20H,3,9-10H2,1-2H3/t12-,14?/m0/s1. The number of nitrogens with zero attached hydrogens (tertiary/aromatic N) is 1. The quantitative estimate of drug-likeness (QED) is 0.669. The molecular weight excluding hydrogens is 294 g/mol. The van der Waals surface area contributed by atoms with Gasteiger partial charge in [0.05, 0.1) is 12.2 Å². The molecule has 0 spiro atoms. The fourth-order valence-electron chi connectivity index (χ4n) is 2.53. The predicted octanol–water partition coefficient (Wildman–Crippen LogP) is 2.97. The summed E-state index contributed by atoms with van der Waals surface area (Å²) in [5.41, 5.74) is 1.22. The molecule has 5 nitrogen and oxygen atoms in total. The van der Waals surface area contributed by atoms with Gasteiger partial charge in [0.2, 0.25) is 0 Å². The number of aliphatic hydroxyl groups is 1. The van der Waals surface area contributed by atoms with E-state index in [9.17, 15) is 14.7 Å². The van der Waals surface area contributed by atoms with Gasteiger partial charge in [-0.2, -0.15) is 0 Å². The van der Waals surface area contributed by atoms with E-state index in [1.165, 1.54) is 6.21 Å². The molecule has 122 valence electrons. The third-order valence-electron chi connectivity index (χ3n) is 3.81. The van der Waals surface area contributed by atoms with Crippen LogP contribution in [-0.2, 0) is 14.3 Å². The van der Waals surface area contributed by atoms with Gasteiger partial charge in [-0.05, 0) is 25.3 Å². The molecule has 5 heteroatoms. The van der Waals surface area contributed by atoms with Crippen LogP contribution in [0.5, 0.6) is 0 Å². The van der Waals surface area contributed by atoms with E-state index in [-0.39, 0.29) is 29.6 Å². The molecule has 0 radical (unpaired) electrons. The molecule has 2 rings (SSSR count). The number of carbonyl (C=O) groups is 2. The molecule has 1 aromatic rings. The van der Waals surface area contributed by atoms with Crippen molar-refractivity contribution in [3.05, 3.63) is 47.2 Å². The Kier molecular flexibility index (Phi) is 5.68.